The van der Waals surface area contributed by atoms with Gasteiger partial charge in [0.15, 0.2) is 5.78 Å². The summed E-state index contributed by atoms with van der Waals surface area (Å²) in [6.45, 7) is 1.88. The molecule has 0 saturated heterocycles. The lowest BCUT2D eigenvalue weighted by molar-refractivity contribution is 0.103. The monoisotopic (exact) mass is 216 g/mol. The summed E-state index contributed by atoms with van der Waals surface area (Å²) >= 11 is 0. The second-order valence-corrected chi connectivity index (χ2v) is 3.52. The molecule has 0 aliphatic rings. The number of carbonyl (C=O) groups excluding carboxylic acids is 1. The van der Waals surface area contributed by atoms with Crippen LogP contribution in [0.25, 0.3) is 0 Å². The van der Waals surface area contributed by atoms with E-state index in [0.29, 0.717) is 11.1 Å². The summed E-state index contributed by atoms with van der Waals surface area (Å²) in [5.41, 5.74) is 2.13. The minimum Gasteiger partial charge on any atom is -0.497 e. The molecule has 2 rings (SSSR count). The number of methoxy groups -OCH3 is 1. The molecule has 2 aromatic rings. The van der Waals surface area contributed by atoms with Crippen LogP contribution in [0.4, 0.5) is 0 Å². The van der Waals surface area contributed by atoms with Crippen LogP contribution in [0.5, 0.6) is 5.75 Å². The topological polar surface area (TPSA) is 39.4 Å². The molecule has 0 N–H and O–H groups in total. The molecular formula is C13H12O3. The van der Waals surface area contributed by atoms with Gasteiger partial charge in [-0.05, 0) is 36.8 Å². The van der Waals surface area contributed by atoms with Crippen molar-refractivity contribution >= 4 is 5.78 Å². The van der Waals surface area contributed by atoms with E-state index >= 15 is 0 Å². The number of carbonyl (C=O) groups is 1. The molecule has 0 fully saturated rings. The van der Waals surface area contributed by atoms with Crippen LogP contribution in [0, 0.1) is 6.92 Å². The molecule has 0 spiro atoms. The maximum atomic E-state index is 12.0. The third-order valence-corrected chi connectivity index (χ3v) is 2.46. The molecule has 1 aromatic carbocycles. The minimum absolute atomic E-state index is 0.0334. The number of ketones is 1. The van der Waals surface area contributed by atoms with Gasteiger partial charge in [-0.2, -0.15) is 0 Å². The molecule has 0 amide bonds. The van der Waals surface area contributed by atoms with Crippen molar-refractivity contribution in [3.8, 4) is 5.75 Å². The molecule has 16 heavy (non-hydrogen) atoms. The Morgan fingerprint density at radius 1 is 1.31 bits per heavy atom. The molecule has 0 atom stereocenters. The molecular weight excluding hydrogens is 204 g/mol. The highest BCUT2D eigenvalue weighted by Gasteiger charge is 2.12. The molecule has 82 valence electrons. The van der Waals surface area contributed by atoms with E-state index in [1.54, 1.807) is 25.3 Å². The zero-order valence-electron chi connectivity index (χ0n) is 9.19. The first-order valence-electron chi connectivity index (χ1n) is 4.94. The van der Waals surface area contributed by atoms with Crippen molar-refractivity contribution < 1.29 is 13.9 Å². The third kappa shape index (κ3) is 1.84. The van der Waals surface area contributed by atoms with Crippen LogP contribution in [0.1, 0.15) is 21.5 Å². The van der Waals surface area contributed by atoms with Crippen molar-refractivity contribution in [3.63, 3.8) is 0 Å². The van der Waals surface area contributed by atoms with Crippen molar-refractivity contribution in [1.82, 2.24) is 0 Å². The summed E-state index contributed by atoms with van der Waals surface area (Å²) in [5.74, 6) is 0.718. The van der Waals surface area contributed by atoms with Crippen LogP contribution in [0.15, 0.2) is 41.2 Å². The van der Waals surface area contributed by atoms with Crippen LogP contribution < -0.4 is 4.74 Å². The Kier molecular flexibility index (Phi) is 2.77. The number of hydrogen-bond donors (Lipinski definition) is 0. The smallest absolute Gasteiger partial charge is 0.196 e. The fourth-order valence-electron chi connectivity index (χ4n) is 1.57. The standard InChI is InChI=1S/C13H12O3/c1-9-7-11(15-2)3-4-12(9)13(14)10-5-6-16-8-10/h3-8H,1-2H3. The lowest BCUT2D eigenvalue weighted by Crippen LogP contribution is -2.02. The molecule has 3 heteroatoms. The Hall–Kier alpha value is -2.03. The Bertz CT molecular complexity index is 498. The first kappa shape index (κ1) is 10.5. The Morgan fingerprint density at radius 3 is 2.69 bits per heavy atom. The highest BCUT2D eigenvalue weighted by Crippen LogP contribution is 2.19. The zero-order chi connectivity index (χ0) is 11.5. The largest absolute Gasteiger partial charge is 0.497 e. The molecule has 1 heterocycles. The summed E-state index contributed by atoms with van der Waals surface area (Å²) in [6.07, 6.45) is 2.94. The predicted molar refractivity (Wildman–Crippen MR) is 59.9 cm³/mol. The van der Waals surface area contributed by atoms with E-state index in [-0.39, 0.29) is 5.78 Å². The summed E-state index contributed by atoms with van der Waals surface area (Å²) in [5, 5.41) is 0. The van der Waals surface area contributed by atoms with Crippen molar-refractivity contribution in [2.75, 3.05) is 7.11 Å². The van der Waals surface area contributed by atoms with Gasteiger partial charge in [-0.1, -0.05) is 0 Å². The molecule has 0 bridgehead atoms. The fraction of sp³-hybridized carbons (Fsp3) is 0.154. The van der Waals surface area contributed by atoms with Gasteiger partial charge in [0.2, 0.25) is 0 Å². The van der Waals surface area contributed by atoms with Crippen molar-refractivity contribution in [2.45, 2.75) is 6.92 Å². The van der Waals surface area contributed by atoms with Crippen molar-refractivity contribution in [3.05, 3.63) is 53.5 Å². The van der Waals surface area contributed by atoms with Crippen molar-refractivity contribution in [1.29, 1.82) is 0 Å². The second-order valence-electron chi connectivity index (χ2n) is 3.52. The van der Waals surface area contributed by atoms with E-state index in [0.717, 1.165) is 11.3 Å². The van der Waals surface area contributed by atoms with Crippen LogP contribution in [0.2, 0.25) is 0 Å². The summed E-state index contributed by atoms with van der Waals surface area (Å²) in [4.78, 5) is 12.0. The van der Waals surface area contributed by atoms with Crippen molar-refractivity contribution in [2.24, 2.45) is 0 Å². The maximum Gasteiger partial charge on any atom is 0.196 e. The number of aryl methyl sites for hydroxylation is 1. The van der Waals surface area contributed by atoms with Crippen LogP contribution >= 0.6 is 0 Å². The molecule has 0 saturated carbocycles. The average Bonchev–Trinajstić information content (AvgIpc) is 2.81. The molecule has 3 nitrogen and oxygen atoms in total. The normalized spacial score (nSPS) is 10.1. The average molecular weight is 216 g/mol. The highest BCUT2D eigenvalue weighted by atomic mass is 16.5. The van der Waals surface area contributed by atoms with E-state index in [1.807, 2.05) is 13.0 Å². The SMILES string of the molecule is COc1ccc(C(=O)c2ccoc2)c(C)c1. The Labute approximate surface area is 93.7 Å². The molecule has 0 aliphatic carbocycles. The first-order chi connectivity index (χ1) is 7.72. The summed E-state index contributed by atoms with van der Waals surface area (Å²) < 4.78 is 9.99. The zero-order valence-corrected chi connectivity index (χ0v) is 9.19. The molecule has 1 aromatic heterocycles. The van der Waals surface area contributed by atoms with Gasteiger partial charge in [-0.3, -0.25) is 4.79 Å². The predicted octanol–water partition coefficient (Wildman–Crippen LogP) is 2.83. The van der Waals surface area contributed by atoms with Crippen LogP contribution in [-0.4, -0.2) is 12.9 Å². The van der Waals surface area contributed by atoms with E-state index in [2.05, 4.69) is 0 Å². The van der Waals surface area contributed by atoms with E-state index in [4.69, 9.17) is 9.15 Å². The van der Waals surface area contributed by atoms with E-state index in [9.17, 15) is 4.79 Å². The van der Waals surface area contributed by atoms with Gasteiger partial charge in [0.05, 0.1) is 18.9 Å². The van der Waals surface area contributed by atoms with Gasteiger partial charge in [-0.15, -0.1) is 0 Å². The lowest BCUT2D eigenvalue weighted by Gasteiger charge is -2.05. The third-order valence-electron chi connectivity index (χ3n) is 2.46. The highest BCUT2D eigenvalue weighted by molar-refractivity contribution is 6.09. The lowest BCUT2D eigenvalue weighted by atomic mass is 10.0. The van der Waals surface area contributed by atoms with E-state index < -0.39 is 0 Å². The quantitative estimate of drug-likeness (QED) is 0.740. The van der Waals surface area contributed by atoms with Gasteiger partial charge in [0.25, 0.3) is 0 Å². The van der Waals surface area contributed by atoms with Gasteiger partial charge < -0.3 is 9.15 Å². The van der Waals surface area contributed by atoms with Gasteiger partial charge in [0, 0.05) is 5.56 Å². The fourth-order valence-corrected chi connectivity index (χ4v) is 1.57. The minimum atomic E-state index is -0.0334. The Balaban J connectivity index is 2.38. The number of benzene rings is 1. The molecule has 0 radical (unpaired) electrons. The number of hydrogen-bond acceptors (Lipinski definition) is 3. The number of furan rings is 1. The van der Waals surface area contributed by atoms with Gasteiger partial charge in [-0.25, -0.2) is 0 Å². The molecule has 0 aliphatic heterocycles. The Morgan fingerprint density at radius 2 is 2.12 bits per heavy atom. The summed E-state index contributed by atoms with van der Waals surface area (Å²) in [6, 6.07) is 7.04. The number of rotatable bonds is 3. The summed E-state index contributed by atoms with van der Waals surface area (Å²) in [7, 11) is 1.60. The van der Waals surface area contributed by atoms with Gasteiger partial charge >= 0.3 is 0 Å². The second kappa shape index (κ2) is 4.23. The van der Waals surface area contributed by atoms with Crippen LogP contribution in [-0.2, 0) is 0 Å². The first-order valence-corrected chi connectivity index (χ1v) is 4.94. The van der Waals surface area contributed by atoms with Gasteiger partial charge in [0.1, 0.15) is 12.0 Å². The number of ether oxygens (including phenoxy) is 1. The molecule has 0 unspecified atom stereocenters. The van der Waals surface area contributed by atoms with Crippen LogP contribution in [0.3, 0.4) is 0 Å². The maximum absolute atomic E-state index is 12.0. The van der Waals surface area contributed by atoms with E-state index in [1.165, 1.54) is 12.5 Å².